The third-order valence-electron chi connectivity index (χ3n) is 8.19. The van der Waals surface area contributed by atoms with Crippen LogP contribution in [0.15, 0.2) is 42.7 Å². The number of anilines is 3. The molecule has 13 nitrogen and oxygen atoms in total. The lowest BCUT2D eigenvalue weighted by atomic mass is 10.1. The Labute approximate surface area is 267 Å². The summed E-state index contributed by atoms with van der Waals surface area (Å²) in [4.78, 5) is 38.8. The number of fused-ring (bicyclic) bond motifs is 2. The van der Waals surface area contributed by atoms with Gasteiger partial charge < -0.3 is 35.1 Å². The molecule has 0 unspecified atom stereocenters. The van der Waals surface area contributed by atoms with Crippen molar-refractivity contribution in [3.05, 3.63) is 48.3 Å². The fourth-order valence-electron chi connectivity index (χ4n) is 5.97. The summed E-state index contributed by atoms with van der Waals surface area (Å²) in [5.74, 6) is 0.834. The van der Waals surface area contributed by atoms with E-state index in [1.807, 2.05) is 55.8 Å². The number of nitrogens with one attached hydrogen (secondary N) is 1. The summed E-state index contributed by atoms with van der Waals surface area (Å²) < 4.78 is 19.2. The lowest BCUT2D eigenvalue weighted by Crippen LogP contribution is -2.43. The minimum absolute atomic E-state index is 0.0219. The van der Waals surface area contributed by atoms with Crippen LogP contribution in [0.4, 0.5) is 22.0 Å². The van der Waals surface area contributed by atoms with Gasteiger partial charge in [0, 0.05) is 43.0 Å². The van der Waals surface area contributed by atoms with Gasteiger partial charge in [-0.2, -0.15) is 5.10 Å². The molecule has 0 spiro atoms. The number of amides is 2. The van der Waals surface area contributed by atoms with Crippen molar-refractivity contribution in [3.8, 4) is 22.8 Å². The predicted molar refractivity (Wildman–Crippen MR) is 175 cm³/mol. The number of rotatable bonds is 7. The number of nitrogens with two attached hydrogens (primary N) is 1. The molecule has 1 saturated heterocycles. The molecule has 0 bridgehead atoms. The van der Waals surface area contributed by atoms with Crippen LogP contribution in [0.2, 0.25) is 0 Å². The molecular formula is C33H40N8O5. The van der Waals surface area contributed by atoms with E-state index in [2.05, 4.69) is 34.0 Å². The van der Waals surface area contributed by atoms with E-state index in [9.17, 15) is 9.59 Å². The van der Waals surface area contributed by atoms with Gasteiger partial charge in [-0.1, -0.05) is 0 Å². The van der Waals surface area contributed by atoms with Crippen LogP contribution in [0, 0.1) is 0 Å². The van der Waals surface area contributed by atoms with Crippen molar-refractivity contribution in [2.75, 3.05) is 48.9 Å². The topological polar surface area (TPSA) is 150 Å². The molecule has 0 saturated carbocycles. The van der Waals surface area contributed by atoms with Gasteiger partial charge in [0.25, 0.3) is 5.91 Å². The molecule has 1 fully saturated rings. The van der Waals surface area contributed by atoms with Crippen molar-refractivity contribution >= 4 is 40.2 Å². The molecule has 2 amide bonds. The van der Waals surface area contributed by atoms with Crippen molar-refractivity contribution in [3.63, 3.8) is 0 Å². The number of nitrogen functional groups attached to an aromatic ring is 1. The van der Waals surface area contributed by atoms with Crippen LogP contribution in [-0.2, 0) is 4.74 Å². The lowest BCUT2D eigenvalue weighted by Gasteiger charge is -2.34. The number of ether oxygens (including phenoxy) is 3. The molecule has 4 aromatic rings. The van der Waals surface area contributed by atoms with Crippen molar-refractivity contribution < 1.29 is 23.8 Å². The highest BCUT2D eigenvalue weighted by Crippen LogP contribution is 2.48. The molecule has 1 atom stereocenters. The zero-order chi connectivity index (χ0) is 32.6. The van der Waals surface area contributed by atoms with E-state index < -0.39 is 5.60 Å². The van der Waals surface area contributed by atoms with E-state index in [4.69, 9.17) is 25.0 Å². The summed E-state index contributed by atoms with van der Waals surface area (Å²) >= 11 is 0. The van der Waals surface area contributed by atoms with Gasteiger partial charge in [0.15, 0.2) is 17.1 Å². The normalized spacial score (nSPS) is 16.0. The number of likely N-dealkylation sites (tertiary alicyclic amines) is 1. The fourth-order valence-corrected chi connectivity index (χ4v) is 5.97. The number of carbonyl (C=O) groups excluding carboxylic acids is 2. The molecule has 2 aromatic heterocycles. The number of piperidine rings is 1. The predicted octanol–water partition coefficient (Wildman–Crippen LogP) is 5.47. The van der Waals surface area contributed by atoms with E-state index in [0.29, 0.717) is 58.1 Å². The Hall–Kier alpha value is -5.07. The minimum Gasteiger partial charge on any atom is -0.453 e. The molecule has 242 valence electrons. The molecular weight excluding hydrogens is 588 g/mol. The Bertz CT molecular complexity index is 1760. The zero-order valence-electron chi connectivity index (χ0n) is 26.9. The Morgan fingerprint density at radius 3 is 2.52 bits per heavy atom. The van der Waals surface area contributed by atoms with Crippen molar-refractivity contribution in [1.29, 1.82) is 0 Å². The van der Waals surface area contributed by atoms with E-state index in [0.717, 1.165) is 31.6 Å². The maximum Gasteiger partial charge on any atom is 0.410 e. The number of aromatic nitrogens is 4. The monoisotopic (exact) mass is 628 g/mol. The number of hydrogen-bond acceptors (Lipinski definition) is 10. The smallest absolute Gasteiger partial charge is 0.410 e. The third-order valence-corrected chi connectivity index (χ3v) is 8.19. The van der Waals surface area contributed by atoms with Gasteiger partial charge in [-0.3, -0.25) is 4.79 Å². The third kappa shape index (κ3) is 5.96. The molecule has 0 aliphatic carbocycles. The molecule has 0 radical (unpaired) electrons. The Kier molecular flexibility index (Phi) is 8.32. The summed E-state index contributed by atoms with van der Waals surface area (Å²) in [6.07, 6.45) is 2.62. The van der Waals surface area contributed by atoms with Gasteiger partial charge in [0.2, 0.25) is 6.79 Å². The van der Waals surface area contributed by atoms with Crippen LogP contribution >= 0.6 is 0 Å². The van der Waals surface area contributed by atoms with Crippen molar-refractivity contribution in [1.82, 2.24) is 24.6 Å². The van der Waals surface area contributed by atoms with Gasteiger partial charge in [-0.05, 0) is 83.9 Å². The van der Waals surface area contributed by atoms with E-state index >= 15 is 0 Å². The van der Waals surface area contributed by atoms with E-state index in [1.165, 1.54) is 6.33 Å². The number of carbonyl (C=O) groups is 2. The summed E-state index contributed by atoms with van der Waals surface area (Å²) in [6, 6.07) is 10.9. The van der Waals surface area contributed by atoms with Crippen LogP contribution < -0.4 is 25.4 Å². The summed E-state index contributed by atoms with van der Waals surface area (Å²) in [6.45, 7) is 12.5. The lowest BCUT2D eigenvalue weighted by molar-refractivity contribution is 0.0169. The minimum atomic E-state index is -0.596. The standard InChI is InChI=1S/C33H40N8O5/c1-6-39(7-2)21-12-10-20(11-13-21)31(42)37-24-15-14-23(27-28(24)45-19-44-27)26-25-29(34)35-18-36-30(25)41(38-26)22-9-8-16-40(17-22)32(43)46-33(3,4)5/h10-15,18,22H,6-9,16-17,19H2,1-5H3,(H,37,42)(H2,34,35,36)/t22-/m1/s1. The second kappa shape index (κ2) is 12.4. The Balaban J connectivity index is 1.31. The number of benzene rings is 2. The van der Waals surface area contributed by atoms with Crippen LogP contribution in [0.3, 0.4) is 0 Å². The van der Waals surface area contributed by atoms with Crippen LogP contribution in [0.25, 0.3) is 22.3 Å². The first-order valence-corrected chi connectivity index (χ1v) is 15.6. The molecule has 13 heteroatoms. The summed E-state index contributed by atoms with van der Waals surface area (Å²) in [5, 5.41) is 8.53. The van der Waals surface area contributed by atoms with E-state index in [1.54, 1.807) is 11.0 Å². The first kappa shape index (κ1) is 30.9. The zero-order valence-corrected chi connectivity index (χ0v) is 26.9. The summed E-state index contributed by atoms with van der Waals surface area (Å²) in [5.41, 5.74) is 9.57. The molecule has 2 aliphatic heterocycles. The van der Waals surface area contributed by atoms with Crippen molar-refractivity contribution in [2.24, 2.45) is 0 Å². The fraction of sp³-hybridized carbons (Fsp3) is 0.424. The van der Waals surface area contributed by atoms with E-state index in [-0.39, 0.29) is 30.7 Å². The maximum atomic E-state index is 13.2. The Morgan fingerprint density at radius 1 is 1.07 bits per heavy atom. The maximum absolute atomic E-state index is 13.2. The van der Waals surface area contributed by atoms with Crippen molar-refractivity contribution in [2.45, 2.75) is 59.1 Å². The average Bonchev–Trinajstić information content (AvgIpc) is 3.68. The van der Waals surface area contributed by atoms with Gasteiger partial charge >= 0.3 is 6.09 Å². The average molecular weight is 629 g/mol. The van der Waals surface area contributed by atoms with Crippen LogP contribution in [-0.4, -0.2) is 75.2 Å². The van der Waals surface area contributed by atoms with Crippen LogP contribution in [0.1, 0.15) is 63.9 Å². The molecule has 6 rings (SSSR count). The molecule has 3 N–H and O–H groups in total. The largest absolute Gasteiger partial charge is 0.453 e. The van der Waals surface area contributed by atoms with Gasteiger partial charge in [0.05, 0.1) is 17.1 Å². The highest BCUT2D eigenvalue weighted by molar-refractivity contribution is 6.06. The van der Waals surface area contributed by atoms with Crippen LogP contribution in [0.5, 0.6) is 11.5 Å². The second-order valence-corrected chi connectivity index (χ2v) is 12.4. The molecule has 46 heavy (non-hydrogen) atoms. The quantitative estimate of drug-likeness (QED) is 0.270. The second-order valence-electron chi connectivity index (χ2n) is 12.4. The SMILES string of the molecule is CCN(CC)c1ccc(C(=O)Nc2ccc(-c3nn([C@@H]4CCCN(C(=O)OC(C)(C)C)C4)c4ncnc(N)c34)c3c2OCO3)cc1. The number of hydrogen-bond donors (Lipinski definition) is 2. The first-order valence-electron chi connectivity index (χ1n) is 15.6. The number of nitrogens with zero attached hydrogens (tertiary/aromatic N) is 6. The first-order chi connectivity index (χ1) is 22.1. The highest BCUT2D eigenvalue weighted by Gasteiger charge is 2.33. The van der Waals surface area contributed by atoms with Gasteiger partial charge in [-0.15, -0.1) is 0 Å². The Morgan fingerprint density at radius 2 is 1.80 bits per heavy atom. The molecule has 4 heterocycles. The molecule has 2 aliphatic rings. The molecule has 2 aromatic carbocycles. The van der Waals surface area contributed by atoms with Gasteiger partial charge in [-0.25, -0.2) is 19.4 Å². The van der Waals surface area contributed by atoms with Gasteiger partial charge in [0.1, 0.15) is 23.4 Å². The highest BCUT2D eigenvalue weighted by atomic mass is 16.7. The summed E-state index contributed by atoms with van der Waals surface area (Å²) in [7, 11) is 0.